The van der Waals surface area contributed by atoms with Crippen LogP contribution in [0.4, 0.5) is 0 Å². The molecule has 0 saturated heterocycles. The molecular formula is C10H9N3S2. The summed E-state index contributed by atoms with van der Waals surface area (Å²) < 4.78 is 2.15. The second-order valence-corrected chi connectivity index (χ2v) is 4.99. The van der Waals surface area contributed by atoms with Gasteiger partial charge in [-0.3, -0.25) is 4.57 Å². The highest BCUT2D eigenvalue weighted by atomic mass is 32.2. The van der Waals surface area contributed by atoms with Gasteiger partial charge in [0.25, 0.3) is 0 Å². The van der Waals surface area contributed by atoms with Gasteiger partial charge in [-0.15, -0.1) is 22.0 Å². The Labute approximate surface area is 96.3 Å². The van der Waals surface area contributed by atoms with E-state index in [1.807, 2.05) is 18.0 Å². The van der Waals surface area contributed by atoms with Crippen LogP contribution in [-0.4, -0.2) is 21.0 Å². The molecule has 5 heteroatoms. The predicted octanol–water partition coefficient (Wildman–Crippen LogP) is 2.59. The molecule has 0 saturated carbocycles. The maximum absolute atomic E-state index is 4.20. The van der Waals surface area contributed by atoms with Crippen LogP contribution in [-0.2, 0) is 5.75 Å². The van der Waals surface area contributed by atoms with Gasteiger partial charge in [-0.25, -0.2) is 0 Å². The summed E-state index contributed by atoms with van der Waals surface area (Å²) in [5, 5.41) is 9.35. The monoisotopic (exact) mass is 235 g/mol. The molecule has 1 aliphatic heterocycles. The van der Waals surface area contributed by atoms with Crippen LogP contribution in [0.2, 0.25) is 0 Å². The summed E-state index contributed by atoms with van der Waals surface area (Å²) >= 11 is 3.46. The van der Waals surface area contributed by atoms with Gasteiger partial charge in [-0.1, -0.05) is 23.9 Å². The molecule has 1 aromatic heterocycles. The van der Waals surface area contributed by atoms with Crippen molar-refractivity contribution in [1.29, 1.82) is 0 Å². The average molecular weight is 235 g/mol. The topological polar surface area (TPSA) is 30.7 Å². The summed E-state index contributed by atoms with van der Waals surface area (Å²) in [6.07, 6.45) is 2.03. The number of fused-ring (bicyclic) bond motifs is 3. The minimum atomic E-state index is 0.907. The third kappa shape index (κ3) is 1.38. The number of benzene rings is 1. The second kappa shape index (κ2) is 3.57. The van der Waals surface area contributed by atoms with Gasteiger partial charge >= 0.3 is 0 Å². The molecule has 0 atom stereocenters. The van der Waals surface area contributed by atoms with E-state index >= 15 is 0 Å². The summed E-state index contributed by atoms with van der Waals surface area (Å²) in [5.74, 6) is 1.95. The standard InChI is InChI=1S/C10H9N3S2/c1-14-10-12-11-9-6-15-8-5-3-2-4-7(8)13(9)10/h2-5H,6H2,1H3. The third-order valence-corrected chi connectivity index (χ3v) is 4.03. The molecule has 0 fully saturated rings. The molecule has 0 unspecified atom stereocenters. The molecule has 15 heavy (non-hydrogen) atoms. The van der Waals surface area contributed by atoms with E-state index < -0.39 is 0 Å². The molecule has 2 aromatic rings. The maximum atomic E-state index is 4.20. The Bertz CT molecular complexity index is 494. The Morgan fingerprint density at radius 2 is 2.20 bits per heavy atom. The first-order valence-corrected chi connectivity index (χ1v) is 6.81. The average Bonchev–Trinajstić information content (AvgIpc) is 2.72. The first kappa shape index (κ1) is 9.30. The molecule has 0 amide bonds. The highest BCUT2D eigenvalue weighted by Crippen LogP contribution is 2.36. The van der Waals surface area contributed by atoms with Crippen molar-refractivity contribution in [1.82, 2.24) is 14.8 Å². The molecule has 1 aliphatic rings. The zero-order valence-corrected chi connectivity index (χ0v) is 9.81. The fourth-order valence-corrected chi connectivity index (χ4v) is 3.14. The van der Waals surface area contributed by atoms with Crippen LogP contribution in [0.5, 0.6) is 0 Å². The van der Waals surface area contributed by atoms with Gasteiger partial charge in [-0.05, 0) is 18.4 Å². The minimum absolute atomic E-state index is 0.907. The van der Waals surface area contributed by atoms with Crippen LogP contribution in [0.15, 0.2) is 34.3 Å². The van der Waals surface area contributed by atoms with E-state index in [-0.39, 0.29) is 0 Å². The minimum Gasteiger partial charge on any atom is -0.272 e. The summed E-state index contributed by atoms with van der Waals surface area (Å²) in [6, 6.07) is 8.39. The lowest BCUT2D eigenvalue weighted by atomic mass is 10.3. The Morgan fingerprint density at radius 1 is 1.33 bits per heavy atom. The third-order valence-electron chi connectivity index (χ3n) is 2.35. The van der Waals surface area contributed by atoms with Crippen molar-refractivity contribution in [3.8, 4) is 5.69 Å². The van der Waals surface area contributed by atoms with Gasteiger partial charge < -0.3 is 0 Å². The van der Waals surface area contributed by atoms with Crippen molar-refractivity contribution < 1.29 is 0 Å². The van der Waals surface area contributed by atoms with E-state index in [0.717, 1.165) is 16.7 Å². The van der Waals surface area contributed by atoms with Crippen molar-refractivity contribution in [2.24, 2.45) is 0 Å². The van der Waals surface area contributed by atoms with Gasteiger partial charge in [0.15, 0.2) is 5.16 Å². The fraction of sp³-hybridized carbons (Fsp3) is 0.200. The molecule has 0 spiro atoms. The quantitative estimate of drug-likeness (QED) is 0.711. The molecule has 0 aliphatic carbocycles. The van der Waals surface area contributed by atoms with Gasteiger partial charge in [0.2, 0.25) is 0 Å². The zero-order valence-electron chi connectivity index (χ0n) is 8.17. The SMILES string of the molecule is CSc1nnc2n1-c1ccccc1SC2. The lowest BCUT2D eigenvalue weighted by molar-refractivity contribution is 0.841. The normalized spacial score (nSPS) is 13.4. The highest BCUT2D eigenvalue weighted by Gasteiger charge is 2.20. The lowest BCUT2D eigenvalue weighted by Crippen LogP contribution is -2.07. The van der Waals surface area contributed by atoms with Crippen LogP contribution in [0.3, 0.4) is 0 Å². The first-order chi connectivity index (χ1) is 7.40. The number of aromatic nitrogens is 3. The Morgan fingerprint density at radius 3 is 3.07 bits per heavy atom. The molecular weight excluding hydrogens is 226 g/mol. The van der Waals surface area contributed by atoms with Gasteiger partial charge in [0.1, 0.15) is 5.82 Å². The maximum Gasteiger partial charge on any atom is 0.195 e. The molecule has 3 nitrogen and oxygen atoms in total. The van der Waals surface area contributed by atoms with Crippen LogP contribution < -0.4 is 0 Å². The molecule has 1 aromatic carbocycles. The molecule has 2 heterocycles. The predicted molar refractivity (Wildman–Crippen MR) is 62.7 cm³/mol. The highest BCUT2D eigenvalue weighted by molar-refractivity contribution is 7.99. The van der Waals surface area contributed by atoms with Crippen molar-refractivity contribution in [3.05, 3.63) is 30.1 Å². The number of nitrogens with zero attached hydrogens (tertiary/aromatic N) is 3. The van der Waals surface area contributed by atoms with Gasteiger partial charge in [0, 0.05) is 4.90 Å². The second-order valence-electron chi connectivity index (χ2n) is 3.19. The van der Waals surface area contributed by atoms with Crippen molar-refractivity contribution >= 4 is 23.5 Å². The number of para-hydroxylation sites is 1. The molecule has 0 radical (unpaired) electrons. The van der Waals surface area contributed by atoms with Crippen molar-refractivity contribution in [2.45, 2.75) is 15.8 Å². The summed E-state index contributed by atoms with van der Waals surface area (Å²) in [4.78, 5) is 1.31. The number of hydrogen-bond acceptors (Lipinski definition) is 4. The Kier molecular flexibility index (Phi) is 2.21. The number of hydrogen-bond donors (Lipinski definition) is 0. The first-order valence-electron chi connectivity index (χ1n) is 4.60. The molecule has 0 bridgehead atoms. The summed E-state index contributed by atoms with van der Waals surface area (Å²) in [6.45, 7) is 0. The molecule has 3 rings (SSSR count). The smallest absolute Gasteiger partial charge is 0.195 e. The van der Waals surface area contributed by atoms with E-state index in [0.29, 0.717) is 0 Å². The molecule has 76 valence electrons. The van der Waals surface area contributed by atoms with Crippen LogP contribution in [0.25, 0.3) is 5.69 Å². The van der Waals surface area contributed by atoms with E-state index in [1.165, 1.54) is 10.6 Å². The fourth-order valence-electron chi connectivity index (χ4n) is 1.67. The van der Waals surface area contributed by atoms with E-state index in [4.69, 9.17) is 0 Å². The summed E-state index contributed by atoms with van der Waals surface area (Å²) in [5.41, 5.74) is 1.21. The van der Waals surface area contributed by atoms with Crippen LogP contribution in [0, 0.1) is 0 Å². The van der Waals surface area contributed by atoms with Crippen molar-refractivity contribution in [3.63, 3.8) is 0 Å². The number of thioether (sulfide) groups is 2. The van der Waals surface area contributed by atoms with E-state index in [1.54, 1.807) is 11.8 Å². The lowest BCUT2D eigenvalue weighted by Gasteiger charge is -2.17. The van der Waals surface area contributed by atoms with E-state index in [2.05, 4.69) is 39.0 Å². The van der Waals surface area contributed by atoms with Crippen LogP contribution in [0.1, 0.15) is 5.82 Å². The van der Waals surface area contributed by atoms with Gasteiger partial charge in [-0.2, -0.15) is 0 Å². The van der Waals surface area contributed by atoms with Crippen molar-refractivity contribution in [2.75, 3.05) is 6.26 Å². The zero-order chi connectivity index (χ0) is 10.3. The Hall–Kier alpha value is -0.940. The Balaban J connectivity index is 2.27. The van der Waals surface area contributed by atoms with Crippen LogP contribution >= 0.6 is 23.5 Å². The largest absolute Gasteiger partial charge is 0.272 e. The van der Waals surface area contributed by atoms with Gasteiger partial charge in [0.05, 0.1) is 11.4 Å². The van der Waals surface area contributed by atoms with E-state index in [9.17, 15) is 0 Å². The molecule has 0 N–H and O–H groups in total. The summed E-state index contributed by atoms with van der Waals surface area (Å²) in [7, 11) is 0. The number of rotatable bonds is 1.